The second-order valence-electron chi connectivity index (χ2n) is 7.32. The highest BCUT2D eigenvalue weighted by atomic mass is 19.1. The summed E-state index contributed by atoms with van der Waals surface area (Å²) >= 11 is 0. The van der Waals surface area contributed by atoms with E-state index in [-0.39, 0.29) is 17.8 Å². The fraction of sp³-hybridized carbons (Fsp3) is 0.364. The van der Waals surface area contributed by atoms with Crippen molar-refractivity contribution in [1.29, 1.82) is 0 Å². The number of carbonyl (C=O) groups is 1. The number of amides is 1. The molecule has 1 fully saturated rings. The molecule has 4 nitrogen and oxygen atoms in total. The highest BCUT2D eigenvalue weighted by Gasteiger charge is 2.27. The first-order valence-electron chi connectivity index (χ1n) is 9.65. The van der Waals surface area contributed by atoms with Gasteiger partial charge in [-0.15, -0.1) is 0 Å². The fourth-order valence-corrected chi connectivity index (χ4v) is 4.09. The van der Waals surface area contributed by atoms with E-state index in [1.165, 1.54) is 25.0 Å². The van der Waals surface area contributed by atoms with E-state index in [2.05, 4.69) is 10.3 Å². The average molecular weight is 365 g/mol. The Morgan fingerprint density at radius 1 is 1.15 bits per heavy atom. The maximum absolute atomic E-state index is 13.3. The number of hydrogen-bond donors (Lipinski definition) is 1. The van der Waals surface area contributed by atoms with Gasteiger partial charge in [0.1, 0.15) is 5.82 Å². The van der Waals surface area contributed by atoms with Gasteiger partial charge in [-0.05, 0) is 48.6 Å². The molecule has 0 bridgehead atoms. The van der Waals surface area contributed by atoms with Gasteiger partial charge in [-0.25, -0.2) is 9.37 Å². The Kier molecular flexibility index (Phi) is 5.19. The maximum Gasteiger partial charge on any atom is 0.222 e. The van der Waals surface area contributed by atoms with E-state index in [4.69, 9.17) is 0 Å². The van der Waals surface area contributed by atoms with Crippen molar-refractivity contribution in [1.82, 2.24) is 14.9 Å². The molecule has 1 unspecified atom stereocenters. The molecule has 3 aromatic rings. The van der Waals surface area contributed by atoms with Gasteiger partial charge < -0.3 is 9.88 Å². The summed E-state index contributed by atoms with van der Waals surface area (Å²) in [5.74, 6) is 0.199. The van der Waals surface area contributed by atoms with Crippen molar-refractivity contribution in [3.8, 4) is 0 Å². The lowest BCUT2D eigenvalue weighted by atomic mass is 9.91. The summed E-state index contributed by atoms with van der Waals surface area (Å²) in [6.07, 6.45) is 6.78. The van der Waals surface area contributed by atoms with Crippen LogP contribution >= 0.6 is 0 Å². The fourth-order valence-electron chi connectivity index (χ4n) is 4.09. The third kappa shape index (κ3) is 4.02. The number of halogens is 1. The van der Waals surface area contributed by atoms with E-state index >= 15 is 0 Å². The lowest BCUT2D eigenvalue weighted by Crippen LogP contribution is -2.33. The molecule has 1 aromatic heterocycles. The number of rotatable bonds is 6. The molecule has 1 amide bonds. The molecular weight excluding hydrogens is 341 g/mol. The Morgan fingerprint density at radius 3 is 2.67 bits per heavy atom. The molecule has 1 N–H and O–H groups in total. The van der Waals surface area contributed by atoms with Crippen molar-refractivity contribution >= 4 is 16.9 Å². The number of carbonyl (C=O) groups excluding carboxylic acids is 1. The number of nitrogens with zero attached hydrogens (tertiary/aromatic N) is 2. The van der Waals surface area contributed by atoms with Crippen molar-refractivity contribution in [2.24, 2.45) is 5.92 Å². The van der Waals surface area contributed by atoms with Crippen LogP contribution in [0.15, 0.2) is 54.9 Å². The van der Waals surface area contributed by atoms with Gasteiger partial charge in [0.2, 0.25) is 5.91 Å². The highest BCUT2D eigenvalue weighted by molar-refractivity contribution is 5.77. The van der Waals surface area contributed by atoms with E-state index in [0.29, 0.717) is 18.9 Å². The van der Waals surface area contributed by atoms with E-state index in [1.54, 1.807) is 18.5 Å². The smallest absolute Gasteiger partial charge is 0.222 e. The molecule has 0 spiro atoms. The summed E-state index contributed by atoms with van der Waals surface area (Å²) in [5, 5.41) is 3.21. The molecule has 0 radical (unpaired) electrons. The summed E-state index contributed by atoms with van der Waals surface area (Å²) < 4.78 is 15.3. The zero-order valence-electron chi connectivity index (χ0n) is 15.3. The molecule has 2 aromatic carbocycles. The van der Waals surface area contributed by atoms with Crippen LogP contribution < -0.4 is 5.32 Å². The Bertz CT molecular complexity index is 913. The summed E-state index contributed by atoms with van der Waals surface area (Å²) in [6.45, 7) is 0.590. The van der Waals surface area contributed by atoms with Crippen LogP contribution in [-0.2, 0) is 11.3 Å². The Hall–Kier alpha value is -2.69. The summed E-state index contributed by atoms with van der Waals surface area (Å²) in [5.41, 5.74) is 2.97. The second kappa shape index (κ2) is 7.91. The van der Waals surface area contributed by atoms with Gasteiger partial charge in [-0.2, -0.15) is 0 Å². The third-order valence-electron chi connectivity index (χ3n) is 5.52. The SMILES string of the molecule is O=C(CCn1cnc2ccccc21)NC(c1ccc(F)cc1)C1CCCC1. The van der Waals surface area contributed by atoms with E-state index in [9.17, 15) is 9.18 Å². The van der Waals surface area contributed by atoms with E-state index in [0.717, 1.165) is 29.4 Å². The average Bonchev–Trinajstić information content (AvgIpc) is 3.35. The van der Waals surface area contributed by atoms with Crippen LogP contribution in [0.25, 0.3) is 11.0 Å². The van der Waals surface area contributed by atoms with Crippen molar-refractivity contribution in [2.45, 2.75) is 44.7 Å². The summed E-state index contributed by atoms with van der Waals surface area (Å²) in [4.78, 5) is 17.0. The predicted molar refractivity (Wildman–Crippen MR) is 104 cm³/mol. The topological polar surface area (TPSA) is 46.9 Å². The van der Waals surface area contributed by atoms with Crippen LogP contribution in [-0.4, -0.2) is 15.5 Å². The molecule has 140 valence electrons. The molecular formula is C22H24FN3O. The molecule has 27 heavy (non-hydrogen) atoms. The van der Waals surface area contributed by atoms with Crippen molar-refractivity contribution in [2.75, 3.05) is 0 Å². The van der Waals surface area contributed by atoms with Gasteiger partial charge in [-0.3, -0.25) is 4.79 Å². The number of imidazole rings is 1. The standard InChI is InChI=1S/C22H24FN3O/c23-18-11-9-17(10-12-18)22(16-5-1-2-6-16)25-21(27)13-14-26-15-24-19-7-3-4-8-20(19)26/h3-4,7-12,15-16,22H,1-2,5-6,13-14H2,(H,25,27). The minimum Gasteiger partial charge on any atom is -0.349 e. The normalized spacial score (nSPS) is 15.9. The van der Waals surface area contributed by atoms with Crippen LogP contribution in [0.2, 0.25) is 0 Å². The number of aryl methyl sites for hydroxylation is 1. The molecule has 0 saturated heterocycles. The van der Waals surface area contributed by atoms with Crippen LogP contribution in [0.5, 0.6) is 0 Å². The minimum atomic E-state index is -0.248. The monoisotopic (exact) mass is 365 g/mol. The molecule has 1 heterocycles. The van der Waals surface area contributed by atoms with Crippen LogP contribution in [0.3, 0.4) is 0 Å². The van der Waals surface area contributed by atoms with Gasteiger partial charge in [0, 0.05) is 13.0 Å². The Balaban J connectivity index is 1.44. The molecule has 4 rings (SSSR count). The Labute approximate surface area is 158 Å². The molecule has 5 heteroatoms. The summed E-state index contributed by atoms with van der Waals surface area (Å²) in [6, 6.07) is 14.4. The lowest BCUT2D eigenvalue weighted by molar-refractivity contribution is -0.122. The first kappa shape index (κ1) is 17.7. The molecule has 1 atom stereocenters. The van der Waals surface area contributed by atoms with Crippen LogP contribution in [0, 0.1) is 11.7 Å². The number of para-hydroxylation sites is 2. The number of fused-ring (bicyclic) bond motifs is 1. The Morgan fingerprint density at radius 2 is 1.89 bits per heavy atom. The molecule has 1 aliphatic carbocycles. The zero-order chi connectivity index (χ0) is 18.6. The highest BCUT2D eigenvalue weighted by Crippen LogP contribution is 2.35. The lowest BCUT2D eigenvalue weighted by Gasteiger charge is -2.25. The number of benzene rings is 2. The van der Waals surface area contributed by atoms with Crippen molar-refractivity contribution in [3.63, 3.8) is 0 Å². The molecule has 1 saturated carbocycles. The maximum atomic E-state index is 13.3. The third-order valence-corrected chi connectivity index (χ3v) is 5.52. The number of aromatic nitrogens is 2. The van der Waals surface area contributed by atoms with Gasteiger partial charge >= 0.3 is 0 Å². The largest absolute Gasteiger partial charge is 0.349 e. The molecule has 0 aliphatic heterocycles. The zero-order valence-corrected chi connectivity index (χ0v) is 15.3. The first-order chi connectivity index (χ1) is 13.2. The number of hydrogen-bond acceptors (Lipinski definition) is 2. The second-order valence-corrected chi connectivity index (χ2v) is 7.32. The van der Waals surface area contributed by atoms with E-state index < -0.39 is 0 Å². The van der Waals surface area contributed by atoms with Gasteiger partial charge in [-0.1, -0.05) is 37.1 Å². The van der Waals surface area contributed by atoms with Crippen molar-refractivity contribution < 1.29 is 9.18 Å². The van der Waals surface area contributed by atoms with Crippen molar-refractivity contribution in [3.05, 3.63) is 66.2 Å². The van der Waals surface area contributed by atoms with Gasteiger partial charge in [0.25, 0.3) is 0 Å². The van der Waals surface area contributed by atoms with Crippen LogP contribution in [0.1, 0.15) is 43.7 Å². The van der Waals surface area contributed by atoms with Crippen LogP contribution in [0.4, 0.5) is 4.39 Å². The van der Waals surface area contributed by atoms with Gasteiger partial charge in [0.05, 0.1) is 23.4 Å². The minimum absolute atomic E-state index is 0.0222. The quantitative estimate of drug-likeness (QED) is 0.693. The summed E-state index contributed by atoms with van der Waals surface area (Å²) in [7, 11) is 0. The first-order valence-corrected chi connectivity index (χ1v) is 9.65. The predicted octanol–water partition coefficient (Wildman–Crippen LogP) is 4.61. The van der Waals surface area contributed by atoms with E-state index in [1.807, 2.05) is 28.8 Å². The number of nitrogens with one attached hydrogen (secondary N) is 1. The van der Waals surface area contributed by atoms with Gasteiger partial charge in [0.15, 0.2) is 0 Å². The molecule has 1 aliphatic rings.